The van der Waals surface area contributed by atoms with E-state index in [1.165, 1.54) is 5.56 Å². The van der Waals surface area contributed by atoms with Crippen molar-refractivity contribution in [3.05, 3.63) is 35.9 Å². The second kappa shape index (κ2) is 7.60. The van der Waals surface area contributed by atoms with Crippen molar-refractivity contribution in [3.8, 4) is 0 Å². The van der Waals surface area contributed by atoms with E-state index in [0.29, 0.717) is 13.0 Å². The van der Waals surface area contributed by atoms with Crippen LogP contribution in [0.15, 0.2) is 30.3 Å². The van der Waals surface area contributed by atoms with E-state index in [1.54, 1.807) is 14.2 Å². The summed E-state index contributed by atoms with van der Waals surface area (Å²) in [6, 6.07) is 10.5. The molecule has 108 valence electrons. The maximum atomic E-state index is 5.92. The van der Waals surface area contributed by atoms with Crippen LogP contribution in [0, 0.1) is 0 Å². The normalized spacial score (nSPS) is 16.3. The van der Waals surface area contributed by atoms with E-state index >= 15 is 0 Å². The quantitative estimate of drug-likeness (QED) is 0.707. The molecule has 2 atom stereocenters. The van der Waals surface area contributed by atoms with Gasteiger partial charge in [-0.25, -0.2) is 0 Å². The minimum absolute atomic E-state index is 0.226. The Balaban J connectivity index is 2.69. The van der Waals surface area contributed by atoms with Crippen LogP contribution in [0.1, 0.15) is 31.9 Å². The van der Waals surface area contributed by atoms with Crippen molar-refractivity contribution in [2.24, 2.45) is 5.73 Å². The smallest absolute Gasteiger partial charge is 0.158 e. The van der Waals surface area contributed by atoms with E-state index in [-0.39, 0.29) is 17.9 Å². The van der Waals surface area contributed by atoms with Gasteiger partial charge in [0.05, 0.1) is 0 Å². The Morgan fingerprint density at radius 3 is 2.26 bits per heavy atom. The molecular formula is C15H26N2O2. The first kappa shape index (κ1) is 16.1. The summed E-state index contributed by atoms with van der Waals surface area (Å²) >= 11 is 0. The lowest BCUT2D eigenvalue weighted by Gasteiger charge is -2.35. The molecule has 0 aliphatic carbocycles. The Kier molecular flexibility index (Phi) is 6.45. The van der Waals surface area contributed by atoms with E-state index in [1.807, 2.05) is 18.2 Å². The van der Waals surface area contributed by atoms with E-state index < -0.39 is 0 Å². The van der Waals surface area contributed by atoms with Crippen LogP contribution in [0.2, 0.25) is 0 Å². The van der Waals surface area contributed by atoms with E-state index in [2.05, 4.69) is 31.3 Å². The Labute approximate surface area is 116 Å². The van der Waals surface area contributed by atoms with Gasteiger partial charge in [-0.2, -0.15) is 0 Å². The second-order valence-corrected chi connectivity index (χ2v) is 5.15. The van der Waals surface area contributed by atoms with Crippen LogP contribution in [0.4, 0.5) is 0 Å². The van der Waals surface area contributed by atoms with Gasteiger partial charge >= 0.3 is 0 Å². The molecule has 0 fully saturated rings. The van der Waals surface area contributed by atoms with Crippen LogP contribution in [-0.2, 0) is 9.47 Å². The summed E-state index contributed by atoms with van der Waals surface area (Å²) in [5.74, 6) is 0. The monoisotopic (exact) mass is 266 g/mol. The molecule has 4 heteroatoms. The van der Waals surface area contributed by atoms with Crippen molar-refractivity contribution < 1.29 is 9.47 Å². The Morgan fingerprint density at radius 2 is 1.79 bits per heavy atom. The second-order valence-electron chi connectivity index (χ2n) is 5.15. The predicted octanol–water partition coefficient (Wildman–Crippen LogP) is 2.06. The Morgan fingerprint density at radius 1 is 1.21 bits per heavy atom. The third-order valence-electron chi connectivity index (χ3n) is 3.46. The van der Waals surface area contributed by atoms with Gasteiger partial charge in [-0.1, -0.05) is 30.3 Å². The molecule has 1 rings (SSSR count). The zero-order valence-electron chi connectivity index (χ0n) is 12.3. The highest BCUT2D eigenvalue weighted by molar-refractivity contribution is 5.18. The standard InChI is InChI=1S/C15H26N2O2/c1-12(13-8-6-5-7-9-13)17-15(2,11-16)10-14(18-3)19-4/h5-9,12,14,17H,10-11,16H2,1-4H3. The number of benzene rings is 1. The van der Waals surface area contributed by atoms with E-state index in [9.17, 15) is 0 Å². The molecule has 2 unspecified atom stereocenters. The molecule has 0 amide bonds. The molecule has 0 spiro atoms. The summed E-state index contributed by atoms with van der Waals surface area (Å²) in [6.45, 7) is 4.75. The number of nitrogens with two attached hydrogens (primary N) is 1. The molecule has 1 aromatic carbocycles. The average Bonchev–Trinajstić information content (AvgIpc) is 2.45. The lowest BCUT2D eigenvalue weighted by Crippen LogP contribution is -2.52. The average molecular weight is 266 g/mol. The van der Waals surface area contributed by atoms with Gasteiger partial charge in [-0.3, -0.25) is 0 Å². The van der Waals surface area contributed by atoms with Gasteiger partial charge in [-0.05, 0) is 19.4 Å². The van der Waals surface area contributed by atoms with Crippen LogP contribution in [0.5, 0.6) is 0 Å². The van der Waals surface area contributed by atoms with Crippen molar-refractivity contribution in [1.29, 1.82) is 0 Å². The molecule has 0 saturated carbocycles. The number of hydrogen-bond donors (Lipinski definition) is 2. The van der Waals surface area contributed by atoms with E-state index in [4.69, 9.17) is 15.2 Å². The molecule has 0 radical (unpaired) electrons. The topological polar surface area (TPSA) is 56.5 Å². The third kappa shape index (κ3) is 4.91. The molecule has 0 saturated heterocycles. The Bertz CT molecular complexity index is 354. The summed E-state index contributed by atoms with van der Waals surface area (Å²) in [6.07, 6.45) is 0.456. The minimum atomic E-state index is -0.246. The van der Waals surface area contributed by atoms with Crippen LogP contribution in [0.25, 0.3) is 0 Å². The van der Waals surface area contributed by atoms with Gasteiger partial charge in [0.1, 0.15) is 0 Å². The van der Waals surface area contributed by atoms with Crippen molar-refractivity contribution >= 4 is 0 Å². The molecule has 1 aromatic rings. The molecule has 0 aliphatic heterocycles. The summed E-state index contributed by atoms with van der Waals surface area (Å²) in [5.41, 5.74) is 6.93. The minimum Gasteiger partial charge on any atom is -0.356 e. The highest BCUT2D eigenvalue weighted by Crippen LogP contribution is 2.20. The summed E-state index contributed by atoms with van der Waals surface area (Å²) in [5, 5.41) is 3.57. The van der Waals surface area contributed by atoms with Gasteiger partial charge in [0, 0.05) is 38.8 Å². The molecular weight excluding hydrogens is 240 g/mol. The fraction of sp³-hybridized carbons (Fsp3) is 0.600. The molecule has 0 aromatic heterocycles. The van der Waals surface area contributed by atoms with Gasteiger partial charge < -0.3 is 20.5 Å². The number of rotatable bonds is 8. The predicted molar refractivity (Wildman–Crippen MR) is 77.9 cm³/mol. The highest BCUT2D eigenvalue weighted by Gasteiger charge is 2.28. The van der Waals surface area contributed by atoms with E-state index in [0.717, 1.165) is 0 Å². The summed E-state index contributed by atoms with van der Waals surface area (Å²) in [7, 11) is 3.29. The third-order valence-corrected chi connectivity index (χ3v) is 3.46. The molecule has 4 nitrogen and oxygen atoms in total. The van der Waals surface area contributed by atoms with Crippen LogP contribution >= 0.6 is 0 Å². The molecule has 0 heterocycles. The van der Waals surface area contributed by atoms with Gasteiger partial charge in [0.25, 0.3) is 0 Å². The van der Waals surface area contributed by atoms with Gasteiger partial charge in [0.2, 0.25) is 0 Å². The zero-order valence-corrected chi connectivity index (χ0v) is 12.3. The van der Waals surface area contributed by atoms with Crippen LogP contribution in [-0.4, -0.2) is 32.6 Å². The summed E-state index contributed by atoms with van der Waals surface area (Å²) in [4.78, 5) is 0. The van der Waals surface area contributed by atoms with Crippen LogP contribution in [0.3, 0.4) is 0 Å². The fourth-order valence-electron chi connectivity index (χ4n) is 2.18. The van der Waals surface area contributed by atoms with Crippen LogP contribution < -0.4 is 11.1 Å². The summed E-state index contributed by atoms with van der Waals surface area (Å²) < 4.78 is 10.5. The fourth-order valence-corrected chi connectivity index (χ4v) is 2.18. The number of nitrogens with one attached hydrogen (secondary N) is 1. The van der Waals surface area contributed by atoms with Crippen molar-refractivity contribution in [2.75, 3.05) is 20.8 Å². The lowest BCUT2D eigenvalue weighted by atomic mass is 9.94. The first-order valence-corrected chi connectivity index (χ1v) is 6.63. The maximum absolute atomic E-state index is 5.92. The number of hydrogen-bond acceptors (Lipinski definition) is 4. The van der Waals surface area contributed by atoms with Crippen molar-refractivity contribution in [2.45, 2.75) is 38.1 Å². The maximum Gasteiger partial charge on any atom is 0.158 e. The van der Waals surface area contributed by atoms with Gasteiger partial charge in [0.15, 0.2) is 6.29 Å². The molecule has 3 N–H and O–H groups in total. The number of methoxy groups -OCH3 is 2. The Hall–Kier alpha value is -0.940. The molecule has 0 aliphatic rings. The van der Waals surface area contributed by atoms with Gasteiger partial charge in [-0.15, -0.1) is 0 Å². The number of ether oxygens (including phenoxy) is 2. The first-order chi connectivity index (χ1) is 9.04. The molecule has 0 bridgehead atoms. The zero-order chi connectivity index (χ0) is 14.3. The van der Waals surface area contributed by atoms with Crippen molar-refractivity contribution in [3.63, 3.8) is 0 Å². The largest absolute Gasteiger partial charge is 0.356 e. The highest BCUT2D eigenvalue weighted by atomic mass is 16.7. The van der Waals surface area contributed by atoms with Crippen molar-refractivity contribution in [1.82, 2.24) is 5.32 Å². The molecule has 19 heavy (non-hydrogen) atoms. The SMILES string of the molecule is COC(CC(C)(CN)NC(C)c1ccccc1)OC. The lowest BCUT2D eigenvalue weighted by molar-refractivity contribution is -0.117. The first-order valence-electron chi connectivity index (χ1n) is 6.63.